The van der Waals surface area contributed by atoms with Gasteiger partial charge in [-0.2, -0.15) is 4.98 Å². The van der Waals surface area contributed by atoms with E-state index in [-0.39, 0.29) is 17.5 Å². The van der Waals surface area contributed by atoms with Gasteiger partial charge in [0.05, 0.1) is 17.9 Å². The Balaban J connectivity index is 2.12. The van der Waals surface area contributed by atoms with Gasteiger partial charge in [0.25, 0.3) is 6.01 Å². The third-order valence-electron chi connectivity index (χ3n) is 2.64. The van der Waals surface area contributed by atoms with Gasteiger partial charge >= 0.3 is 11.9 Å². The number of nitrogens with zero attached hydrogens (tertiary/aromatic N) is 1. The molecule has 1 aromatic heterocycles. The maximum absolute atomic E-state index is 11.5. The van der Waals surface area contributed by atoms with E-state index < -0.39 is 11.9 Å². The van der Waals surface area contributed by atoms with Gasteiger partial charge in [0.15, 0.2) is 0 Å². The molecule has 0 radical (unpaired) electrons. The maximum Gasteiger partial charge on any atom is 0.373 e. The number of carboxylic acid groups (broad SMARTS) is 1. The summed E-state index contributed by atoms with van der Waals surface area (Å²) < 4.78 is 9.96. The number of hydrogen-bond donors (Lipinski definition) is 2. The Kier molecular flexibility index (Phi) is 4.22. The van der Waals surface area contributed by atoms with E-state index in [1.807, 2.05) is 0 Å². The lowest BCUT2D eigenvalue weighted by molar-refractivity contribution is 0.0525. The first-order chi connectivity index (χ1) is 10.0. The average molecular weight is 290 g/mol. The highest BCUT2D eigenvalue weighted by atomic mass is 16.5. The van der Waals surface area contributed by atoms with Gasteiger partial charge in [-0.15, -0.1) is 0 Å². The molecule has 7 nitrogen and oxygen atoms in total. The van der Waals surface area contributed by atoms with E-state index in [1.165, 1.54) is 0 Å². The van der Waals surface area contributed by atoms with Crippen molar-refractivity contribution in [2.45, 2.75) is 13.8 Å². The maximum atomic E-state index is 11.5. The van der Waals surface area contributed by atoms with Crippen molar-refractivity contribution in [1.29, 1.82) is 0 Å². The van der Waals surface area contributed by atoms with Crippen molar-refractivity contribution < 1.29 is 23.8 Å². The van der Waals surface area contributed by atoms with Crippen LogP contribution in [0.2, 0.25) is 0 Å². The van der Waals surface area contributed by atoms with Crippen molar-refractivity contribution in [3.8, 4) is 0 Å². The summed E-state index contributed by atoms with van der Waals surface area (Å²) >= 11 is 0. The van der Waals surface area contributed by atoms with Crippen LogP contribution >= 0.6 is 0 Å². The largest absolute Gasteiger partial charge is 0.475 e. The van der Waals surface area contributed by atoms with Gasteiger partial charge in [-0.25, -0.2) is 9.59 Å². The summed E-state index contributed by atoms with van der Waals surface area (Å²) in [6.07, 6.45) is 0. The number of anilines is 2. The van der Waals surface area contributed by atoms with Gasteiger partial charge in [0.2, 0.25) is 5.76 Å². The molecule has 0 aliphatic carbocycles. The van der Waals surface area contributed by atoms with E-state index in [2.05, 4.69) is 10.3 Å². The number of esters is 1. The number of rotatable bonds is 5. The number of ether oxygens (including phenoxy) is 1. The van der Waals surface area contributed by atoms with Crippen LogP contribution in [0.5, 0.6) is 0 Å². The summed E-state index contributed by atoms with van der Waals surface area (Å²) in [5.41, 5.74) is 1.33. The van der Waals surface area contributed by atoms with E-state index in [1.54, 1.807) is 38.1 Å². The zero-order valence-electron chi connectivity index (χ0n) is 11.5. The fourth-order valence-electron chi connectivity index (χ4n) is 1.68. The van der Waals surface area contributed by atoms with Crippen LogP contribution in [0.1, 0.15) is 33.5 Å². The highest BCUT2D eigenvalue weighted by Gasteiger charge is 2.16. The zero-order valence-corrected chi connectivity index (χ0v) is 11.5. The number of hydrogen-bond acceptors (Lipinski definition) is 6. The molecule has 2 N–H and O–H groups in total. The number of carbonyl (C=O) groups excluding carboxylic acids is 1. The molecular weight excluding hydrogens is 276 g/mol. The monoisotopic (exact) mass is 290 g/mol. The van der Waals surface area contributed by atoms with Crippen LogP contribution in [0, 0.1) is 6.92 Å². The van der Waals surface area contributed by atoms with Crippen LogP contribution in [-0.2, 0) is 4.74 Å². The molecule has 2 rings (SSSR count). The lowest BCUT2D eigenvalue weighted by Gasteiger charge is -2.04. The quantitative estimate of drug-likeness (QED) is 0.816. The fraction of sp³-hybridized carbons (Fsp3) is 0.214. The minimum absolute atomic E-state index is 0.0776. The smallest absolute Gasteiger partial charge is 0.373 e. The second kappa shape index (κ2) is 6.08. The molecule has 0 fully saturated rings. The van der Waals surface area contributed by atoms with Crippen LogP contribution in [0.15, 0.2) is 28.7 Å². The third kappa shape index (κ3) is 3.38. The average Bonchev–Trinajstić information content (AvgIpc) is 2.81. The third-order valence-corrected chi connectivity index (χ3v) is 2.64. The Labute approximate surface area is 120 Å². The first-order valence-electron chi connectivity index (χ1n) is 6.26. The standard InChI is InChI=1S/C14H14N2O5/c1-3-20-13(19)9-4-6-10(7-5-9)16-14-15-8(2)11(21-14)12(17)18/h4-7H,3H2,1-2H3,(H,15,16)(H,17,18). The minimum Gasteiger partial charge on any atom is -0.475 e. The predicted molar refractivity (Wildman–Crippen MR) is 73.9 cm³/mol. The lowest BCUT2D eigenvalue weighted by Crippen LogP contribution is -2.04. The zero-order chi connectivity index (χ0) is 15.4. The molecule has 0 atom stereocenters. The molecule has 1 heterocycles. The molecule has 21 heavy (non-hydrogen) atoms. The summed E-state index contributed by atoms with van der Waals surface area (Å²) in [5, 5.41) is 11.7. The highest BCUT2D eigenvalue weighted by molar-refractivity contribution is 5.90. The summed E-state index contributed by atoms with van der Waals surface area (Å²) in [7, 11) is 0. The van der Waals surface area contributed by atoms with Gasteiger partial charge in [0.1, 0.15) is 0 Å². The Morgan fingerprint density at radius 2 is 2.00 bits per heavy atom. The van der Waals surface area contributed by atoms with Crippen molar-refractivity contribution in [1.82, 2.24) is 4.98 Å². The normalized spacial score (nSPS) is 10.2. The fourth-order valence-corrected chi connectivity index (χ4v) is 1.68. The van der Waals surface area contributed by atoms with Crippen molar-refractivity contribution in [3.63, 3.8) is 0 Å². The Morgan fingerprint density at radius 3 is 2.52 bits per heavy atom. The Bertz CT molecular complexity index is 661. The van der Waals surface area contributed by atoms with Crippen LogP contribution < -0.4 is 5.32 Å². The number of carboxylic acids is 1. The number of carbonyl (C=O) groups is 2. The van der Waals surface area contributed by atoms with E-state index in [4.69, 9.17) is 14.3 Å². The molecule has 0 saturated heterocycles. The second-order valence-electron chi connectivity index (χ2n) is 4.16. The molecule has 0 amide bonds. The molecular formula is C14H14N2O5. The lowest BCUT2D eigenvalue weighted by atomic mass is 10.2. The van der Waals surface area contributed by atoms with Crippen molar-refractivity contribution >= 4 is 23.6 Å². The van der Waals surface area contributed by atoms with E-state index >= 15 is 0 Å². The van der Waals surface area contributed by atoms with Crippen LogP contribution in [0.4, 0.5) is 11.7 Å². The molecule has 0 saturated carbocycles. The Morgan fingerprint density at radius 1 is 1.33 bits per heavy atom. The van der Waals surface area contributed by atoms with Gasteiger partial charge < -0.3 is 19.6 Å². The highest BCUT2D eigenvalue weighted by Crippen LogP contribution is 2.20. The van der Waals surface area contributed by atoms with Crippen molar-refractivity contribution in [2.75, 3.05) is 11.9 Å². The molecule has 0 aliphatic rings. The Hall–Kier alpha value is -2.83. The van der Waals surface area contributed by atoms with Gasteiger partial charge in [0, 0.05) is 5.69 Å². The molecule has 0 unspecified atom stereocenters. The molecule has 0 bridgehead atoms. The SMILES string of the molecule is CCOC(=O)c1ccc(Nc2nc(C)c(C(=O)O)o2)cc1. The summed E-state index contributed by atoms with van der Waals surface area (Å²) in [4.78, 5) is 26.3. The number of aromatic carboxylic acids is 1. The topological polar surface area (TPSA) is 102 Å². The first-order valence-corrected chi connectivity index (χ1v) is 6.26. The van der Waals surface area contributed by atoms with Crippen LogP contribution in [0.25, 0.3) is 0 Å². The summed E-state index contributed by atoms with van der Waals surface area (Å²) in [6.45, 7) is 3.59. The molecule has 0 aliphatic heterocycles. The van der Waals surface area contributed by atoms with E-state index in [9.17, 15) is 9.59 Å². The number of oxazole rings is 1. The number of benzene rings is 1. The molecule has 7 heteroatoms. The van der Waals surface area contributed by atoms with Crippen molar-refractivity contribution in [3.05, 3.63) is 41.3 Å². The molecule has 1 aromatic carbocycles. The summed E-state index contributed by atoms with van der Waals surface area (Å²) in [6, 6.07) is 6.55. The van der Waals surface area contributed by atoms with E-state index in [0.717, 1.165) is 0 Å². The number of aryl methyl sites for hydroxylation is 1. The van der Waals surface area contributed by atoms with Gasteiger partial charge in [-0.1, -0.05) is 0 Å². The number of nitrogens with one attached hydrogen (secondary N) is 1. The van der Waals surface area contributed by atoms with Crippen LogP contribution in [-0.4, -0.2) is 28.6 Å². The van der Waals surface area contributed by atoms with Crippen LogP contribution in [0.3, 0.4) is 0 Å². The molecule has 2 aromatic rings. The minimum atomic E-state index is -1.18. The molecule has 0 spiro atoms. The molecule has 110 valence electrons. The summed E-state index contributed by atoms with van der Waals surface area (Å²) in [5.74, 6) is -1.78. The predicted octanol–water partition coefficient (Wildman–Crippen LogP) is 2.60. The second-order valence-corrected chi connectivity index (χ2v) is 4.16. The van der Waals surface area contributed by atoms with Gasteiger partial charge in [-0.3, -0.25) is 0 Å². The van der Waals surface area contributed by atoms with E-state index in [0.29, 0.717) is 17.9 Å². The van der Waals surface area contributed by atoms with Gasteiger partial charge in [-0.05, 0) is 38.1 Å². The van der Waals surface area contributed by atoms with Crippen molar-refractivity contribution in [2.24, 2.45) is 0 Å². The number of aromatic nitrogens is 1. The first kappa shape index (κ1) is 14.6.